The van der Waals surface area contributed by atoms with Gasteiger partial charge in [0, 0.05) is 6.04 Å². The van der Waals surface area contributed by atoms with E-state index in [1.54, 1.807) is 0 Å². The fourth-order valence-electron chi connectivity index (χ4n) is 1.65. The van der Waals surface area contributed by atoms with Crippen LogP contribution in [0.2, 0.25) is 10.0 Å². The average molecular weight is 260 g/mol. The summed E-state index contributed by atoms with van der Waals surface area (Å²) >= 11 is 12.2. The Kier molecular flexibility index (Phi) is 6.00. The van der Waals surface area contributed by atoms with Gasteiger partial charge in [0.2, 0.25) is 0 Å². The molecule has 0 aliphatic rings. The first kappa shape index (κ1) is 13.7. The molecule has 0 fully saturated rings. The molecule has 1 nitrogen and oxygen atoms in total. The van der Waals surface area contributed by atoms with Crippen LogP contribution in [0.25, 0.3) is 0 Å². The third kappa shape index (κ3) is 4.23. The summed E-state index contributed by atoms with van der Waals surface area (Å²) in [6, 6.07) is 5.98. The second-order valence-electron chi connectivity index (χ2n) is 4.14. The first-order valence-electron chi connectivity index (χ1n) is 5.85. The lowest BCUT2D eigenvalue weighted by molar-refractivity contribution is 0.615. The van der Waals surface area contributed by atoms with Crippen molar-refractivity contribution < 1.29 is 0 Å². The molecule has 16 heavy (non-hydrogen) atoms. The van der Waals surface area contributed by atoms with E-state index in [1.165, 1.54) is 19.3 Å². The number of hydrogen-bond donors (Lipinski definition) is 1. The molecule has 1 rings (SSSR count). The van der Waals surface area contributed by atoms with E-state index in [1.807, 2.05) is 18.2 Å². The second kappa shape index (κ2) is 7.03. The number of unbranched alkanes of at least 4 members (excludes halogenated alkanes) is 2. The number of halogens is 2. The summed E-state index contributed by atoms with van der Waals surface area (Å²) in [4.78, 5) is 0. The lowest BCUT2D eigenvalue weighted by Crippen LogP contribution is -2.15. The quantitative estimate of drug-likeness (QED) is 0.677. The van der Waals surface area contributed by atoms with Crippen LogP contribution in [0.1, 0.15) is 39.5 Å². The van der Waals surface area contributed by atoms with E-state index in [4.69, 9.17) is 23.2 Å². The molecular formula is C13H19Cl2N. The average Bonchev–Trinajstić information content (AvgIpc) is 2.24. The summed E-state index contributed by atoms with van der Waals surface area (Å²) in [7, 11) is 0. The topological polar surface area (TPSA) is 12.0 Å². The molecule has 3 heteroatoms. The van der Waals surface area contributed by atoms with Gasteiger partial charge in [-0.1, -0.05) is 55.5 Å². The zero-order valence-corrected chi connectivity index (χ0v) is 11.4. The van der Waals surface area contributed by atoms with E-state index in [0.29, 0.717) is 16.1 Å². The maximum atomic E-state index is 6.09. The molecule has 0 aliphatic carbocycles. The number of nitrogens with one attached hydrogen (secondary N) is 1. The second-order valence-corrected chi connectivity index (χ2v) is 4.95. The van der Waals surface area contributed by atoms with Gasteiger partial charge in [0.25, 0.3) is 0 Å². The molecule has 0 radical (unpaired) electrons. The normalized spacial score (nSPS) is 12.5. The van der Waals surface area contributed by atoms with Crippen molar-refractivity contribution in [3.8, 4) is 0 Å². The van der Waals surface area contributed by atoms with Gasteiger partial charge in [-0.15, -0.1) is 0 Å². The SMILES string of the molecule is CCCCCC(C)Nc1c(Cl)cccc1Cl. The third-order valence-corrected chi connectivity index (χ3v) is 3.22. The number of benzene rings is 1. The molecule has 0 aliphatic heterocycles. The van der Waals surface area contributed by atoms with Crippen molar-refractivity contribution in [1.82, 2.24) is 0 Å². The minimum Gasteiger partial charge on any atom is -0.380 e. The Morgan fingerprint density at radius 1 is 1.19 bits per heavy atom. The van der Waals surface area contributed by atoms with E-state index >= 15 is 0 Å². The number of anilines is 1. The first-order chi connectivity index (χ1) is 7.65. The molecule has 0 aromatic heterocycles. The monoisotopic (exact) mass is 259 g/mol. The zero-order valence-electron chi connectivity index (χ0n) is 9.89. The fraction of sp³-hybridized carbons (Fsp3) is 0.538. The first-order valence-corrected chi connectivity index (χ1v) is 6.61. The molecule has 1 aromatic rings. The van der Waals surface area contributed by atoms with Gasteiger partial charge in [-0.25, -0.2) is 0 Å². The highest BCUT2D eigenvalue weighted by atomic mass is 35.5. The fourth-order valence-corrected chi connectivity index (χ4v) is 2.16. The summed E-state index contributed by atoms with van der Waals surface area (Å²) in [5.74, 6) is 0. The largest absolute Gasteiger partial charge is 0.380 e. The smallest absolute Gasteiger partial charge is 0.0720 e. The number of rotatable bonds is 6. The van der Waals surface area contributed by atoms with Gasteiger partial charge in [-0.3, -0.25) is 0 Å². The van der Waals surface area contributed by atoms with Crippen molar-refractivity contribution in [3.63, 3.8) is 0 Å². The van der Waals surface area contributed by atoms with Gasteiger partial charge >= 0.3 is 0 Å². The number of para-hydroxylation sites is 1. The molecular weight excluding hydrogens is 241 g/mol. The molecule has 0 amide bonds. The predicted octanol–water partition coefficient (Wildman–Crippen LogP) is 5.37. The predicted molar refractivity (Wildman–Crippen MR) is 73.7 cm³/mol. The summed E-state index contributed by atoms with van der Waals surface area (Å²) < 4.78 is 0. The molecule has 1 aromatic carbocycles. The molecule has 1 atom stereocenters. The minimum absolute atomic E-state index is 0.406. The zero-order chi connectivity index (χ0) is 12.0. The Balaban J connectivity index is 2.52. The maximum Gasteiger partial charge on any atom is 0.0720 e. The molecule has 0 bridgehead atoms. The molecule has 0 saturated carbocycles. The standard InChI is InChI=1S/C13H19Cl2N/c1-3-4-5-7-10(2)16-13-11(14)8-6-9-12(13)15/h6,8-10,16H,3-5,7H2,1-2H3. The van der Waals surface area contributed by atoms with Crippen LogP contribution in [-0.2, 0) is 0 Å². The van der Waals surface area contributed by atoms with Crippen molar-refractivity contribution in [1.29, 1.82) is 0 Å². The van der Waals surface area contributed by atoms with Crippen molar-refractivity contribution >= 4 is 28.9 Å². The van der Waals surface area contributed by atoms with Crippen LogP contribution in [-0.4, -0.2) is 6.04 Å². The van der Waals surface area contributed by atoms with E-state index in [2.05, 4.69) is 19.2 Å². The van der Waals surface area contributed by atoms with Gasteiger partial charge in [-0.05, 0) is 25.5 Å². The summed E-state index contributed by atoms with van der Waals surface area (Å²) in [6.07, 6.45) is 4.92. The van der Waals surface area contributed by atoms with Crippen molar-refractivity contribution in [2.24, 2.45) is 0 Å². The van der Waals surface area contributed by atoms with E-state index < -0.39 is 0 Å². The molecule has 1 unspecified atom stereocenters. The maximum absolute atomic E-state index is 6.09. The molecule has 90 valence electrons. The van der Waals surface area contributed by atoms with Gasteiger partial charge in [-0.2, -0.15) is 0 Å². The van der Waals surface area contributed by atoms with Crippen LogP contribution in [0.5, 0.6) is 0 Å². The molecule has 1 N–H and O–H groups in total. The van der Waals surface area contributed by atoms with Crippen LogP contribution in [0.15, 0.2) is 18.2 Å². The van der Waals surface area contributed by atoms with E-state index in [0.717, 1.165) is 12.1 Å². The van der Waals surface area contributed by atoms with Gasteiger partial charge in [0.05, 0.1) is 15.7 Å². The third-order valence-electron chi connectivity index (χ3n) is 2.59. The summed E-state index contributed by atoms with van der Waals surface area (Å²) in [5, 5.41) is 4.75. The van der Waals surface area contributed by atoms with Crippen molar-refractivity contribution in [3.05, 3.63) is 28.2 Å². The summed E-state index contributed by atoms with van der Waals surface area (Å²) in [6.45, 7) is 4.37. The highest BCUT2D eigenvalue weighted by Gasteiger charge is 2.08. The Morgan fingerprint density at radius 3 is 2.38 bits per heavy atom. The van der Waals surface area contributed by atoms with Crippen molar-refractivity contribution in [2.75, 3.05) is 5.32 Å². The molecule has 0 spiro atoms. The van der Waals surface area contributed by atoms with E-state index in [9.17, 15) is 0 Å². The minimum atomic E-state index is 0.406. The van der Waals surface area contributed by atoms with Crippen LogP contribution in [0.4, 0.5) is 5.69 Å². The van der Waals surface area contributed by atoms with E-state index in [-0.39, 0.29) is 0 Å². The Bertz CT molecular complexity index is 305. The number of hydrogen-bond acceptors (Lipinski definition) is 1. The Morgan fingerprint density at radius 2 is 1.81 bits per heavy atom. The summed E-state index contributed by atoms with van der Waals surface area (Å²) in [5.41, 5.74) is 0.856. The lowest BCUT2D eigenvalue weighted by atomic mass is 10.1. The van der Waals surface area contributed by atoms with Gasteiger partial charge in [0.1, 0.15) is 0 Å². The van der Waals surface area contributed by atoms with Crippen LogP contribution in [0, 0.1) is 0 Å². The van der Waals surface area contributed by atoms with Crippen LogP contribution in [0.3, 0.4) is 0 Å². The van der Waals surface area contributed by atoms with Crippen molar-refractivity contribution in [2.45, 2.75) is 45.6 Å². The van der Waals surface area contributed by atoms with Crippen LogP contribution < -0.4 is 5.32 Å². The Labute approximate surface area is 108 Å². The lowest BCUT2D eigenvalue weighted by Gasteiger charge is -2.17. The van der Waals surface area contributed by atoms with Gasteiger partial charge < -0.3 is 5.32 Å². The highest BCUT2D eigenvalue weighted by Crippen LogP contribution is 2.30. The Hall–Kier alpha value is -0.400. The molecule has 0 saturated heterocycles. The van der Waals surface area contributed by atoms with Gasteiger partial charge in [0.15, 0.2) is 0 Å². The molecule has 0 heterocycles. The van der Waals surface area contributed by atoms with Crippen LogP contribution >= 0.6 is 23.2 Å². The highest BCUT2D eigenvalue weighted by molar-refractivity contribution is 6.39.